The van der Waals surface area contributed by atoms with Crippen LogP contribution in [-0.2, 0) is 19.4 Å². The highest BCUT2D eigenvalue weighted by molar-refractivity contribution is 6.31. The van der Waals surface area contributed by atoms with E-state index in [0.29, 0.717) is 0 Å². The normalized spacial score (nSPS) is 13.0. The topological polar surface area (TPSA) is 43.8 Å². The molecule has 0 amide bonds. The summed E-state index contributed by atoms with van der Waals surface area (Å²) >= 11 is 6.34. The maximum absolute atomic E-state index is 6.34. The molecule has 1 atom stereocenters. The van der Waals surface area contributed by atoms with Crippen molar-refractivity contribution in [3.63, 3.8) is 0 Å². The Morgan fingerprint density at radius 2 is 2.00 bits per heavy atom. The van der Waals surface area contributed by atoms with Crippen molar-refractivity contribution in [1.82, 2.24) is 9.78 Å². The molecule has 0 fully saturated rings. The van der Waals surface area contributed by atoms with Crippen molar-refractivity contribution in [2.45, 2.75) is 65.5 Å². The van der Waals surface area contributed by atoms with Crippen molar-refractivity contribution < 1.29 is 0 Å². The fourth-order valence-electron chi connectivity index (χ4n) is 2.09. The minimum atomic E-state index is 0.279. The summed E-state index contributed by atoms with van der Waals surface area (Å²) in [5, 5.41) is 5.36. The lowest BCUT2D eigenvalue weighted by molar-refractivity contribution is 0.536. The van der Waals surface area contributed by atoms with Gasteiger partial charge in [0.2, 0.25) is 0 Å². The summed E-state index contributed by atoms with van der Waals surface area (Å²) in [6.07, 6.45) is 5.03. The van der Waals surface area contributed by atoms with Crippen LogP contribution in [0.5, 0.6) is 0 Å². The van der Waals surface area contributed by atoms with Gasteiger partial charge in [0.05, 0.1) is 16.4 Å². The average Bonchev–Trinajstić information content (AvgIpc) is 2.63. The molecule has 1 heterocycles. The van der Waals surface area contributed by atoms with Crippen LogP contribution in [0.15, 0.2) is 0 Å². The van der Waals surface area contributed by atoms with Gasteiger partial charge < -0.3 is 5.73 Å². The van der Waals surface area contributed by atoms with Crippen molar-refractivity contribution in [3.05, 3.63) is 16.4 Å². The molecule has 0 saturated heterocycles. The third-order valence-corrected chi connectivity index (χ3v) is 3.54. The Balaban J connectivity index is 2.72. The molecule has 3 nitrogen and oxygen atoms in total. The standard InChI is InChI=1S/C13H24ClN3/c1-4-7-10(15)8-9-12-13(14)11(5-2)16-17(12)6-3/h10H,4-9,15H2,1-3H3. The molecule has 0 aliphatic rings. The monoisotopic (exact) mass is 257 g/mol. The molecule has 2 N–H and O–H groups in total. The van der Waals surface area contributed by atoms with Gasteiger partial charge >= 0.3 is 0 Å². The zero-order valence-corrected chi connectivity index (χ0v) is 11.9. The Hall–Kier alpha value is -0.540. The highest BCUT2D eigenvalue weighted by Crippen LogP contribution is 2.23. The first-order chi connectivity index (χ1) is 8.13. The van der Waals surface area contributed by atoms with E-state index in [9.17, 15) is 0 Å². The van der Waals surface area contributed by atoms with Crippen LogP contribution in [0.4, 0.5) is 0 Å². The molecular formula is C13H24ClN3. The molecule has 0 radical (unpaired) electrons. The van der Waals surface area contributed by atoms with Crippen molar-refractivity contribution in [1.29, 1.82) is 0 Å². The van der Waals surface area contributed by atoms with Gasteiger partial charge in [-0.2, -0.15) is 5.10 Å². The van der Waals surface area contributed by atoms with Gasteiger partial charge in [0, 0.05) is 12.6 Å². The van der Waals surface area contributed by atoms with Crippen LogP contribution in [0.2, 0.25) is 5.02 Å². The van der Waals surface area contributed by atoms with Crippen molar-refractivity contribution in [2.75, 3.05) is 0 Å². The molecule has 0 saturated carbocycles. The second-order valence-corrected chi connectivity index (χ2v) is 4.84. The van der Waals surface area contributed by atoms with E-state index in [0.717, 1.165) is 55.1 Å². The van der Waals surface area contributed by atoms with Crippen LogP contribution in [0, 0.1) is 0 Å². The molecule has 0 aromatic carbocycles. The largest absolute Gasteiger partial charge is 0.328 e. The van der Waals surface area contributed by atoms with E-state index in [4.69, 9.17) is 17.3 Å². The first-order valence-electron chi connectivity index (χ1n) is 6.63. The van der Waals surface area contributed by atoms with Crippen LogP contribution in [0.3, 0.4) is 0 Å². The van der Waals surface area contributed by atoms with Crippen LogP contribution in [-0.4, -0.2) is 15.8 Å². The quantitative estimate of drug-likeness (QED) is 0.815. The Labute approximate surface area is 109 Å². The minimum Gasteiger partial charge on any atom is -0.328 e. The third kappa shape index (κ3) is 3.71. The SMILES string of the molecule is CCCC(N)CCc1c(Cl)c(CC)nn1CC. The molecule has 0 bridgehead atoms. The first-order valence-corrected chi connectivity index (χ1v) is 7.01. The van der Waals surface area contributed by atoms with E-state index in [1.165, 1.54) is 0 Å². The number of nitrogens with two attached hydrogens (primary N) is 1. The summed E-state index contributed by atoms with van der Waals surface area (Å²) in [7, 11) is 0. The third-order valence-electron chi connectivity index (χ3n) is 3.11. The molecular weight excluding hydrogens is 234 g/mol. The van der Waals surface area contributed by atoms with Gasteiger partial charge in [-0.05, 0) is 32.6 Å². The molecule has 0 aliphatic carbocycles. The van der Waals surface area contributed by atoms with Crippen LogP contribution in [0.1, 0.15) is 51.4 Å². The fraction of sp³-hybridized carbons (Fsp3) is 0.769. The Bertz CT molecular complexity index is 347. The molecule has 4 heteroatoms. The van der Waals surface area contributed by atoms with Crippen LogP contribution < -0.4 is 5.73 Å². The van der Waals surface area contributed by atoms with Gasteiger partial charge in [-0.1, -0.05) is 31.9 Å². The second kappa shape index (κ2) is 7.02. The molecule has 1 aromatic heterocycles. The van der Waals surface area contributed by atoms with Gasteiger partial charge in [0.1, 0.15) is 0 Å². The zero-order valence-electron chi connectivity index (χ0n) is 11.2. The van der Waals surface area contributed by atoms with Gasteiger partial charge in [-0.25, -0.2) is 0 Å². The van der Waals surface area contributed by atoms with Gasteiger partial charge in [-0.15, -0.1) is 0 Å². The maximum atomic E-state index is 6.34. The Morgan fingerprint density at radius 1 is 1.29 bits per heavy atom. The lowest BCUT2D eigenvalue weighted by atomic mass is 10.1. The van der Waals surface area contributed by atoms with Gasteiger partial charge in [0.15, 0.2) is 0 Å². The van der Waals surface area contributed by atoms with Crippen LogP contribution >= 0.6 is 11.6 Å². The molecule has 0 aliphatic heterocycles. The lowest BCUT2D eigenvalue weighted by Gasteiger charge is -2.11. The number of nitrogens with zero attached hydrogens (tertiary/aromatic N) is 2. The van der Waals surface area contributed by atoms with E-state index in [1.54, 1.807) is 0 Å². The van der Waals surface area contributed by atoms with E-state index in [2.05, 4.69) is 25.9 Å². The average molecular weight is 258 g/mol. The summed E-state index contributed by atoms with van der Waals surface area (Å²) in [6.45, 7) is 7.22. The number of hydrogen-bond donors (Lipinski definition) is 1. The minimum absolute atomic E-state index is 0.279. The van der Waals surface area contributed by atoms with E-state index >= 15 is 0 Å². The maximum Gasteiger partial charge on any atom is 0.0849 e. The summed E-state index contributed by atoms with van der Waals surface area (Å²) in [6, 6.07) is 0.279. The zero-order chi connectivity index (χ0) is 12.8. The number of rotatable bonds is 7. The molecule has 1 aromatic rings. The summed E-state index contributed by atoms with van der Waals surface area (Å²) < 4.78 is 2.01. The number of aryl methyl sites for hydroxylation is 2. The number of aromatic nitrogens is 2. The predicted molar refractivity (Wildman–Crippen MR) is 73.5 cm³/mol. The van der Waals surface area contributed by atoms with Gasteiger partial charge in [0.25, 0.3) is 0 Å². The second-order valence-electron chi connectivity index (χ2n) is 4.46. The van der Waals surface area contributed by atoms with Crippen LogP contribution in [0.25, 0.3) is 0 Å². The summed E-state index contributed by atoms with van der Waals surface area (Å²) in [4.78, 5) is 0. The van der Waals surface area contributed by atoms with Crippen molar-refractivity contribution >= 4 is 11.6 Å². The fourth-order valence-corrected chi connectivity index (χ4v) is 2.46. The highest BCUT2D eigenvalue weighted by atomic mass is 35.5. The number of halogens is 1. The van der Waals surface area contributed by atoms with Crippen molar-refractivity contribution in [2.24, 2.45) is 5.73 Å². The summed E-state index contributed by atoms with van der Waals surface area (Å²) in [5.74, 6) is 0. The van der Waals surface area contributed by atoms with Crippen molar-refractivity contribution in [3.8, 4) is 0 Å². The Morgan fingerprint density at radius 3 is 2.53 bits per heavy atom. The molecule has 98 valence electrons. The smallest absolute Gasteiger partial charge is 0.0849 e. The first kappa shape index (κ1) is 14.5. The van der Waals surface area contributed by atoms with E-state index < -0.39 is 0 Å². The summed E-state index contributed by atoms with van der Waals surface area (Å²) in [5.41, 5.74) is 8.20. The molecule has 1 unspecified atom stereocenters. The van der Waals surface area contributed by atoms with Gasteiger partial charge in [-0.3, -0.25) is 4.68 Å². The molecule has 17 heavy (non-hydrogen) atoms. The lowest BCUT2D eigenvalue weighted by Crippen LogP contribution is -2.20. The highest BCUT2D eigenvalue weighted by Gasteiger charge is 2.14. The van der Waals surface area contributed by atoms with E-state index in [1.807, 2.05) is 4.68 Å². The molecule has 0 spiro atoms. The Kier molecular flexibility index (Phi) is 6.00. The molecule has 1 rings (SSSR count). The predicted octanol–water partition coefficient (Wildman–Crippen LogP) is 3.18. The van der Waals surface area contributed by atoms with E-state index in [-0.39, 0.29) is 6.04 Å². The number of hydrogen-bond acceptors (Lipinski definition) is 2.